The van der Waals surface area contributed by atoms with E-state index in [9.17, 15) is 4.39 Å². The van der Waals surface area contributed by atoms with E-state index in [-0.39, 0.29) is 11.4 Å². The number of benzene rings is 1. The van der Waals surface area contributed by atoms with Gasteiger partial charge >= 0.3 is 0 Å². The van der Waals surface area contributed by atoms with Crippen molar-refractivity contribution in [3.63, 3.8) is 0 Å². The molecule has 1 aromatic carbocycles. The van der Waals surface area contributed by atoms with Gasteiger partial charge in [-0.25, -0.2) is 4.39 Å². The van der Waals surface area contributed by atoms with Gasteiger partial charge in [-0.05, 0) is 69.6 Å². The van der Waals surface area contributed by atoms with Gasteiger partial charge in [0.2, 0.25) is 0 Å². The summed E-state index contributed by atoms with van der Waals surface area (Å²) in [6, 6.07) is 7.22. The van der Waals surface area contributed by atoms with Crippen LogP contribution >= 0.6 is 0 Å². The summed E-state index contributed by atoms with van der Waals surface area (Å²) in [6.07, 6.45) is 6.23. The molecule has 0 bridgehead atoms. The van der Waals surface area contributed by atoms with Crippen LogP contribution in [0.3, 0.4) is 0 Å². The number of nitrogens with one attached hydrogen (secondary N) is 1. The standard InChI is InChI=1S/C16H23FN2/c17-15-6-4-14(5-7-15)16(8-10-18-11-9-16)19-12-2-1-3-13-19/h4-7,18H,1-3,8-13H2. The third-order valence-corrected chi connectivity index (χ3v) is 4.77. The number of halogens is 1. The summed E-state index contributed by atoms with van der Waals surface area (Å²) in [4.78, 5) is 2.66. The molecule has 3 heteroatoms. The van der Waals surface area contributed by atoms with Gasteiger partial charge in [-0.15, -0.1) is 0 Å². The maximum Gasteiger partial charge on any atom is 0.123 e. The largest absolute Gasteiger partial charge is 0.317 e. The first-order valence-electron chi connectivity index (χ1n) is 7.53. The Bertz CT molecular complexity index is 403. The fraction of sp³-hybridized carbons (Fsp3) is 0.625. The molecule has 1 aromatic rings. The van der Waals surface area contributed by atoms with Crippen molar-refractivity contribution >= 4 is 0 Å². The van der Waals surface area contributed by atoms with Crippen LogP contribution in [0, 0.1) is 5.82 Å². The molecule has 0 radical (unpaired) electrons. The van der Waals surface area contributed by atoms with E-state index in [0.717, 1.165) is 25.9 Å². The van der Waals surface area contributed by atoms with E-state index in [4.69, 9.17) is 0 Å². The molecule has 19 heavy (non-hydrogen) atoms. The van der Waals surface area contributed by atoms with Gasteiger partial charge < -0.3 is 5.32 Å². The summed E-state index contributed by atoms with van der Waals surface area (Å²) in [5, 5.41) is 3.46. The van der Waals surface area contributed by atoms with E-state index in [2.05, 4.69) is 10.2 Å². The van der Waals surface area contributed by atoms with Crippen LogP contribution in [0.5, 0.6) is 0 Å². The van der Waals surface area contributed by atoms with E-state index >= 15 is 0 Å². The minimum Gasteiger partial charge on any atom is -0.317 e. The number of hydrogen-bond acceptors (Lipinski definition) is 2. The Kier molecular flexibility index (Phi) is 3.85. The van der Waals surface area contributed by atoms with Crippen LogP contribution in [0.25, 0.3) is 0 Å². The molecule has 2 saturated heterocycles. The lowest BCUT2D eigenvalue weighted by Gasteiger charge is -2.48. The minimum atomic E-state index is -0.133. The number of nitrogens with zero attached hydrogens (tertiary/aromatic N) is 1. The predicted octanol–water partition coefficient (Wildman–Crippen LogP) is 2.89. The van der Waals surface area contributed by atoms with Gasteiger partial charge in [0.25, 0.3) is 0 Å². The van der Waals surface area contributed by atoms with E-state index in [1.54, 1.807) is 12.1 Å². The Labute approximate surface area is 115 Å². The molecule has 0 spiro atoms. The van der Waals surface area contributed by atoms with Gasteiger partial charge in [-0.3, -0.25) is 4.90 Å². The second-order valence-corrected chi connectivity index (χ2v) is 5.84. The normalized spacial score (nSPS) is 24.3. The fourth-order valence-corrected chi connectivity index (χ4v) is 3.71. The molecule has 0 saturated carbocycles. The number of rotatable bonds is 2. The van der Waals surface area contributed by atoms with Crippen molar-refractivity contribution in [1.82, 2.24) is 10.2 Å². The van der Waals surface area contributed by atoms with E-state index in [1.807, 2.05) is 12.1 Å². The van der Waals surface area contributed by atoms with Crippen molar-refractivity contribution in [1.29, 1.82) is 0 Å². The highest BCUT2D eigenvalue weighted by Gasteiger charge is 2.39. The van der Waals surface area contributed by atoms with Gasteiger partial charge in [-0.1, -0.05) is 18.6 Å². The van der Waals surface area contributed by atoms with Crippen molar-refractivity contribution in [3.8, 4) is 0 Å². The van der Waals surface area contributed by atoms with E-state index in [0.29, 0.717) is 0 Å². The van der Waals surface area contributed by atoms with Crippen LogP contribution < -0.4 is 5.32 Å². The highest BCUT2D eigenvalue weighted by molar-refractivity contribution is 5.26. The Morgan fingerprint density at radius 3 is 2.21 bits per heavy atom. The highest BCUT2D eigenvalue weighted by Crippen LogP contribution is 2.38. The second kappa shape index (κ2) is 5.59. The monoisotopic (exact) mass is 262 g/mol. The summed E-state index contributed by atoms with van der Waals surface area (Å²) in [5.74, 6) is -0.133. The van der Waals surface area contributed by atoms with Gasteiger partial charge in [0.1, 0.15) is 5.82 Å². The molecule has 0 atom stereocenters. The SMILES string of the molecule is Fc1ccc(C2(N3CCCCC3)CCNCC2)cc1. The maximum absolute atomic E-state index is 13.2. The lowest BCUT2D eigenvalue weighted by Crippen LogP contribution is -2.53. The molecule has 2 heterocycles. The summed E-state index contributed by atoms with van der Waals surface area (Å²) in [6.45, 7) is 4.51. The molecule has 2 fully saturated rings. The van der Waals surface area contributed by atoms with Gasteiger partial charge in [0, 0.05) is 5.54 Å². The topological polar surface area (TPSA) is 15.3 Å². The average Bonchev–Trinajstić information content (AvgIpc) is 2.49. The molecule has 0 unspecified atom stereocenters. The van der Waals surface area contributed by atoms with Gasteiger partial charge in [-0.2, -0.15) is 0 Å². The Balaban J connectivity index is 1.93. The van der Waals surface area contributed by atoms with Crippen LogP contribution in [0.2, 0.25) is 0 Å². The summed E-state index contributed by atoms with van der Waals surface area (Å²) in [7, 11) is 0. The second-order valence-electron chi connectivity index (χ2n) is 5.84. The summed E-state index contributed by atoms with van der Waals surface area (Å²) >= 11 is 0. The van der Waals surface area contributed by atoms with Gasteiger partial charge in [0.05, 0.1) is 0 Å². The number of piperidine rings is 2. The van der Waals surface area contributed by atoms with Crippen LogP contribution in [-0.4, -0.2) is 31.1 Å². The summed E-state index contributed by atoms with van der Waals surface area (Å²) < 4.78 is 13.2. The predicted molar refractivity (Wildman–Crippen MR) is 75.6 cm³/mol. The molecule has 2 aliphatic rings. The molecule has 2 nitrogen and oxygen atoms in total. The van der Waals surface area contributed by atoms with Crippen molar-refractivity contribution in [2.75, 3.05) is 26.2 Å². The zero-order valence-electron chi connectivity index (χ0n) is 11.5. The van der Waals surface area contributed by atoms with Crippen molar-refractivity contribution in [2.45, 2.75) is 37.6 Å². The zero-order chi connectivity index (χ0) is 13.1. The third kappa shape index (κ3) is 2.54. The molecule has 0 amide bonds. The van der Waals surface area contributed by atoms with Gasteiger partial charge in [0.15, 0.2) is 0 Å². The highest BCUT2D eigenvalue weighted by atomic mass is 19.1. The van der Waals surface area contributed by atoms with Crippen LogP contribution in [0.1, 0.15) is 37.7 Å². The van der Waals surface area contributed by atoms with Crippen molar-refractivity contribution in [3.05, 3.63) is 35.6 Å². The average molecular weight is 262 g/mol. The molecule has 1 N–H and O–H groups in total. The summed E-state index contributed by atoms with van der Waals surface area (Å²) in [5.41, 5.74) is 1.44. The van der Waals surface area contributed by atoms with Crippen molar-refractivity contribution in [2.24, 2.45) is 0 Å². The molecular weight excluding hydrogens is 239 g/mol. The molecule has 0 aromatic heterocycles. The lowest BCUT2D eigenvalue weighted by molar-refractivity contribution is 0.0359. The lowest BCUT2D eigenvalue weighted by atomic mass is 9.79. The molecule has 104 valence electrons. The van der Waals surface area contributed by atoms with Crippen LogP contribution in [0.4, 0.5) is 4.39 Å². The molecule has 0 aliphatic carbocycles. The first-order chi connectivity index (χ1) is 9.31. The smallest absolute Gasteiger partial charge is 0.123 e. The molecule has 2 aliphatic heterocycles. The van der Waals surface area contributed by atoms with E-state index < -0.39 is 0 Å². The number of hydrogen-bond donors (Lipinski definition) is 1. The quantitative estimate of drug-likeness (QED) is 0.881. The first kappa shape index (κ1) is 13.1. The van der Waals surface area contributed by atoms with E-state index in [1.165, 1.54) is 37.9 Å². The molecule has 3 rings (SSSR count). The maximum atomic E-state index is 13.2. The van der Waals surface area contributed by atoms with Crippen molar-refractivity contribution < 1.29 is 4.39 Å². The fourth-order valence-electron chi connectivity index (χ4n) is 3.71. The minimum absolute atomic E-state index is 0.133. The van der Waals surface area contributed by atoms with Crippen LogP contribution in [-0.2, 0) is 5.54 Å². The van der Waals surface area contributed by atoms with Crippen LogP contribution in [0.15, 0.2) is 24.3 Å². The third-order valence-electron chi connectivity index (χ3n) is 4.77. The Morgan fingerprint density at radius 1 is 0.947 bits per heavy atom. The molecular formula is C16H23FN2. The first-order valence-corrected chi connectivity index (χ1v) is 7.53. The zero-order valence-corrected chi connectivity index (χ0v) is 11.5. The Hall–Kier alpha value is -0.930. The number of likely N-dealkylation sites (tertiary alicyclic amines) is 1. The Morgan fingerprint density at radius 2 is 1.58 bits per heavy atom.